The van der Waals surface area contributed by atoms with Gasteiger partial charge in [0, 0.05) is 30.7 Å². The lowest BCUT2D eigenvalue weighted by molar-refractivity contribution is -0.119. The van der Waals surface area contributed by atoms with Crippen molar-refractivity contribution in [2.75, 3.05) is 17.2 Å². The molecule has 0 bridgehead atoms. The molecule has 10 nitrogen and oxygen atoms in total. The van der Waals surface area contributed by atoms with Gasteiger partial charge in [-0.15, -0.1) is 0 Å². The van der Waals surface area contributed by atoms with E-state index in [-0.39, 0.29) is 23.5 Å². The highest BCUT2D eigenvalue weighted by Gasteiger charge is 2.37. The second-order valence-corrected chi connectivity index (χ2v) is 8.03. The molecule has 1 aliphatic heterocycles. The van der Waals surface area contributed by atoms with Crippen LogP contribution in [-0.4, -0.2) is 46.5 Å². The Labute approximate surface area is 164 Å². The maximum Gasteiger partial charge on any atom is 0.254 e. The number of nitrogens with one attached hydrogen (secondary N) is 4. The number of hydrogen-bond acceptors (Lipinski definition) is 8. The summed E-state index contributed by atoms with van der Waals surface area (Å²) in [5.41, 5.74) is 17.7. The van der Waals surface area contributed by atoms with Crippen molar-refractivity contribution in [1.29, 1.82) is 0 Å². The first-order valence-electron chi connectivity index (χ1n) is 9.82. The summed E-state index contributed by atoms with van der Waals surface area (Å²) in [7, 11) is 0. The largest absolute Gasteiger partial charge is 0.368 e. The lowest BCUT2D eigenvalue weighted by atomic mass is 9.81. The average Bonchev–Trinajstić information content (AvgIpc) is 3.10. The highest BCUT2D eigenvalue weighted by Crippen LogP contribution is 2.30. The van der Waals surface area contributed by atoms with Crippen LogP contribution >= 0.6 is 0 Å². The number of nitrogens with zero attached hydrogens (tertiary/aromatic N) is 2. The van der Waals surface area contributed by atoms with E-state index in [1.54, 1.807) is 0 Å². The van der Waals surface area contributed by atoms with Crippen LogP contribution in [0.15, 0.2) is 6.20 Å². The Balaban J connectivity index is 1.81. The molecule has 1 aromatic heterocycles. The molecule has 1 aromatic rings. The molecule has 4 atom stereocenters. The van der Waals surface area contributed by atoms with Gasteiger partial charge in [-0.2, -0.15) is 4.98 Å². The monoisotopic (exact) mass is 390 g/mol. The van der Waals surface area contributed by atoms with E-state index in [1.165, 1.54) is 6.20 Å². The number of fused-ring (bicyclic) bond motifs is 1. The van der Waals surface area contributed by atoms with Crippen LogP contribution in [-0.2, 0) is 4.79 Å². The topological polar surface area (TPSA) is 160 Å². The second kappa shape index (κ2) is 8.70. The van der Waals surface area contributed by atoms with Crippen molar-refractivity contribution < 1.29 is 9.59 Å². The lowest BCUT2D eigenvalue weighted by Crippen LogP contribution is -2.43. The number of carbonyl (C=O) groups excluding carboxylic acids is 2. The summed E-state index contributed by atoms with van der Waals surface area (Å²) in [4.78, 5) is 32.2. The molecule has 28 heavy (non-hydrogen) atoms. The van der Waals surface area contributed by atoms with E-state index in [0.717, 1.165) is 25.8 Å². The third kappa shape index (κ3) is 4.68. The number of anilines is 2. The van der Waals surface area contributed by atoms with Crippen LogP contribution in [0.2, 0.25) is 0 Å². The smallest absolute Gasteiger partial charge is 0.254 e. The third-order valence-electron chi connectivity index (χ3n) is 5.42. The highest BCUT2D eigenvalue weighted by molar-refractivity contribution is 5.97. The fraction of sp³-hybridized carbons (Fsp3) is 0.667. The Bertz CT molecular complexity index is 726. The van der Waals surface area contributed by atoms with Gasteiger partial charge in [-0.1, -0.05) is 13.8 Å². The lowest BCUT2D eigenvalue weighted by Gasteiger charge is -2.33. The summed E-state index contributed by atoms with van der Waals surface area (Å²) in [5, 5.41) is 6.38. The summed E-state index contributed by atoms with van der Waals surface area (Å²) in [6, 6.07) is -0.0349. The minimum atomic E-state index is -0.599. The highest BCUT2D eigenvalue weighted by atomic mass is 16.1. The first-order valence-corrected chi connectivity index (χ1v) is 9.82. The van der Waals surface area contributed by atoms with Gasteiger partial charge in [0.2, 0.25) is 11.9 Å². The van der Waals surface area contributed by atoms with Crippen LogP contribution in [0.4, 0.5) is 11.8 Å². The molecular weight excluding hydrogens is 360 g/mol. The number of carbonyl (C=O) groups is 2. The van der Waals surface area contributed by atoms with Crippen LogP contribution in [0.25, 0.3) is 0 Å². The summed E-state index contributed by atoms with van der Waals surface area (Å²) in [6.45, 7) is 4.86. The van der Waals surface area contributed by atoms with Gasteiger partial charge in [-0.3, -0.25) is 20.4 Å². The summed E-state index contributed by atoms with van der Waals surface area (Å²) in [5.74, 6) is 0.221. The van der Waals surface area contributed by atoms with Crippen molar-refractivity contribution in [2.24, 2.45) is 23.3 Å². The molecule has 3 unspecified atom stereocenters. The van der Waals surface area contributed by atoms with Gasteiger partial charge in [-0.25, -0.2) is 4.98 Å². The maximum atomic E-state index is 11.9. The summed E-state index contributed by atoms with van der Waals surface area (Å²) in [6.07, 6.45) is 5.12. The van der Waals surface area contributed by atoms with Crippen LogP contribution in [0.1, 0.15) is 49.9 Å². The van der Waals surface area contributed by atoms with Gasteiger partial charge < -0.3 is 22.1 Å². The zero-order valence-electron chi connectivity index (χ0n) is 16.4. The van der Waals surface area contributed by atoms with Crippen LogP contribution in [0, 0.1) is 11.8 Å². The van der Waals surface area contributed by atoms with E-state index in [2.05, 4.69) is 31.5 Å². The van der Waals surface area contributed by atoms with Gasteiger partial charge in [0.15, 0.2) is 0 Å². The zero-order valence-corrected chi connectivity index (χ0v) is 16.4. The number of hydrazine groups is 1. The van der Waals surface area contributed by atoms with Crippen molar-refractivity contribution in [2.45, 2.75) is 57.7 Å². The van der Waals surface area contributed by atoms with Gasteiger partial charge in [-0.05, 0) is 31.6 Å². The molecule has 0 spiro atoms. The standard InChI is InChI=1S/C18H30N8O2/c1-9(2)6-14(16(20)28)24-18-21-7-11(15(19)27)17(25-18)23-12-4-3-5-13-10(12)8-22-26-13/h7,9-10,12-14,22,26H,3-6,8H2,1-2H3,(H2,19,27)(H2,20,28)(H2,21,23,24,25)/t10?,12?,13?,14-/m1/s1. The number of nitrogens with two attached hydrogens (primary N) is 2. The van der Waals surface area contributed by atoms with Gasteiger partial charge in [0.25, 0.3) is 5.91 Å². The first kappa shape index (κ1) is 20.3. The van der Waals surface area contributed by atoms with E-state index in [1.807, 2.05) is 13.8 Å². The number of hydrogen-bond donors (Lipinski definition) is 6. The minimum Gasteiger partial charge on any atom is -0.368 e. The summed E-state index contributed by atoms with van der Waals surface area (Å²) >= 11 is 0. The first-order chi connectivity index (χ1) is 13.3. The molecule has 2 amide bonds. The molecule has 3 rings (SSSR count). The van der Waals surface area contributed by atoms with Crippen molar-refractivity contribution >= 4 is 23.6 Å². The Hall–Kier alpha value is -2.46. The van der Waals surface area contributed by atoms with Crippen molar-refractivity contribution in [3.63, 3.8) is 0 Å². The van der Waals surface area contributed by atoms with Crippen molar-refractivity contribution in [3.8, 4) is 0 Å². The molecule has 1 saturated heterocycles. The van der Waals surface area contributed by atoms with Crippen molar-refractivity contribution in [3.05, 3.63) is 11.8 Å². The Kier molecular flexibility index (Phi) is 6.30. The van der Waals surface area contributed by atoms with E-state index >= 15 is 0 Å². The molecule has 1 aliphatic carbocycles. The van der Waals surface area contributed by atoms with E-state index in [4.69, 9.17) is 11.5 Å². The number of amides is 2. The van der Waals surface area contributed by atoms with E-state index < -0.39 is 17.9 Å². The second-order valence-electron chi connectivity index (χ2n) is 8.03. The molecule has 0 radical (unpaired) electrons. The normalized spacial score (nSPS) is 25.2. The number of rotatable bonds is 8. The van der Waals surface area contributed by atoms with Crippen LogP contribution < -0.4 is 33.0 Å². The van der Waals surface area contributed by atoms with Gasteiger partial charge in [0.1, 0.15) is 11.9 Å². The Morgan fingerprint density at radius 1 is 1.32 bits per heavy atom. The third-order valence-corrected chi connectivity index (χ3v) is 5.42. The quantitative estimate of drug-likeness (QED) is 0.360. The fourth-order valence-corrected chi connectivity index (χ4v) is 4.01. The molecule has 10 heteroatoms. The minimum absolute atomic E-state index is 0.157. The Morgan fingerprint density at radius 3 is 2.79 bits per heavy atom. The average molecular weight is 390 g/mol. The summed E-state index contributed by atoms with van der Waals surface area (Å²) < 4.78 is 0. The molecule has 154 valence electrons. The molecular formula is C18H30N8O2. The SMILES string of the molecule is CC(C)C[C@@H](Nc1ncc(C(N)=O)c(NC2CCCC3NNCC32)n1)C(N)=O. The molecule has 1 saturated carbocycles. The number of primary amides is 2. The van der Waals surface area contributed by atoms with E-state index in [0.29, 0.717) is 24.2 Å². The molecule has 2 fully saturated rings. The van der Waals surface area contributed by atoms with Crippen LogP contribution in [0.5, 0.6) is 0 Å². The Morgan fingerprint density at radius 2 is 2.11 bits per heavy atom. The number of aromatic nitrogens is 2. The maximum absolute atomic E-state index is 11.9. The van der Waals surface area contributed by atoms with Crippen LogP contribution in [0.3, 0.4) is 0 Å². The predicted octanol–water partition coefficient (Wildman–Crippen LogP) is -0.0556. The van der Waals surface area contributed by atoms with E-state index in [9.17, 15) is 9.59 Å². The molecule has 2 heterocycles. The predicted molar refractivity (Wildman–Crippen MR) is 106 cm³/mol. The van der Waals surface area contributed by atoms with Gasteiger partial charge >= 0.3 is 0 Å². The van der Waals surface area contributed by atoms with Gasteiger partial charge in [0.05, 0.1) is 5.56 Å². The molecule has 8 N–H and O–H groups in total. The molecule has 2 aliphatic rings. The zero-order chi connectivity index (χ0) is 20.3. The fourth-order valence-electron chi connectivity index (χ4n) is 4.01. The van der Waals surface area contributed by atoms with Crippen molar-refractivity contribution in [1.82, 2.24) is 20.8 Å². The molecule has 0 aromatic carbocycles.